The van der Waals surface area contributed by atoms with E-state index < -0.39 is 4.92 Å². The molecule has 0 saturated carbocycles. The van der Waals surface area contributed by atoms with E-state index in [-0.39, 0.29) is 36.0 Å². The molecule has 1 aromatic heterocycles. The monoisotopic (exact) mass is 497 g/mol. The molecule has 0 spiro atoms. The van der Waals surface area contributed by atoms with Crippen molar-refractivity contribution in [3.05, 3.63) is 63.7 Å². The summed E-state index contributed by atoms with van der Waals surface area (Å²) in [4.78, 5) is 37.9. The molecule has 0 fully saturated rings. The van der Waals surface area contributed by atoms with E-state index in [0.717, 1.165) is 24.2 Å². The Labute approximate surface area is 207 Å². The maximum atomic E-state index is 13.1. The Kier molecular flexibility index (Phi) is 8.85. The molecule has 184 valence electrons. The number of aromatic nitrogens is 2. The van der Waals surface area contributed by atoms with Gasteiger partial charge in [-0.3, -0.25) is 19.7 Å². The highest BCUT2D eigenvalue weighted by Gasteiger charge is 2.21. The Hall–Kier alpha value is -3.86. The first-order valence-electron chi connectivity index (χ1n) is 11.1. The normalized spacial score (nSPS) is 10.6. The predicted molar refractivity (Wildman–Crippen MR) is 134 cm³/mol. The van der Waals surface area contributed by atoms with Crippen molar-refractivity contribution in [3.8, 4) is 16.3 Å². The van der Waals surface area contributed by atoms with Crippen molar-refractivity contribution in [2.75, 3.05) is 25.5 Å². The van der Waals surface area contributed by atoms with E-state index in [1.807, 2.05) is 31.2 Å². The molecule has 0 atom stereocenters. The number of nitro benzene ring substituents is 1. The second-order valence-corrected chi connectivity index (χ2v) is 8.82. The van der Waals surface area contributed by atoms with E-state index in [0.29, 0.717) is 22.2 Å². The van der Waals surface area contributed by atoms with Gasteiger partial charge in [0, 0.05) is 42.3 Å². The molecule has 11 heteroatoms. The van der Waals surface area contributed by atoms with Gasteiger partial charge >= 0.3 is 0 Å². The number of anilines is 1. The number of hydrogen-bond donors (Lipinski definition) is 1. The molecule has 0 bridgehead atoms. The summed E-state index contributed by atoms with van der Waals surface area (Å²) in [5.74, 6) is 0.0906. The molecule has 0 aliphatic rings. The van der Waals surface area contributed by atoms with E-state index in [4.69, 9.17) is 4.74 Å². The molecule has 1 N–H and O–H groups in total. The smallest absolute Gasteiger partial charge is 0.273 e. The molecule has 3 aromatic rings. The lowest BCUT2D eigenvalue weighted by atomic mass is 10.1. The van der Waals surface area contributed by atoms with Crippen LogP contribution in [0.3, 0.4) is 0 Å². The highest BCUT2D eigenvalue weighted by atomic mass is 32.1. The van der Waals surface area contributed by atoms with Crippen LogP contribution in [-0.2, 0) is 4.79 Å². The third-order valence-corrected chi connectivity index (χ3v) is 6.23. The van der Waals surface area contributed by atoms with Gasteiger partial charge in [-0.2, -0.15) is 0 Å². The topological polar surface area (TPSA) is 128 Å². The number of aryl methyl sites for hydroxylation is 1. The molecule has 0 unspecified atom stereocenters. The molecular formula is C24H27N5O5S. The maximum absolute atomic E-state index is 13.1. The number of unbranched alkanes of at least 4 members (excludes halogenated alkanes) is 1. The summed E-state index contributed by atoms with van der Waals surface area (Å²) >= 11 is 1.25. The number of carbonyl (C=O) groups excluding carboxylic acids is 2. The summed E-state index contributed by atoms with van der Waals surface area (Å²) in [5, 5.41) is 23.2. The number of amides is 2. The number of benzene rings is 2. The van der Waals surface area contributed by atoms with Crippen molar-refractivity contribution in [3.63, 3.8) is 0 Å². The van der Waals surface area contributed by atoms with Gasteiger partial charge in [0.15, 0.2) is 0 Å². The molecule has 0 aliphatic carbocycles. The van der Waals surface area contributed by atoms with Gasteiger partial charge in [0.25, 0.3) is 11.6 Å². The quantitative estimate of drug-likeness (QED) is 0.300. The summed E-state index contributed by atoms with van der Waals surface area (Å²) in [5.41, 5.74) is 1.46. The highest BCUT2D eigenvalue weighted by Crippen LogP contribution is 2.28. The van der Waals surface area contributed by atoms with Crippen LogP contribution in [0.2, 0.25) is 0 Å². The number of methoxy groups -OCH3 is 1. The molecule has 0 radical (unpaired) electrons. The Morgan fingerprint density at radius 2 is 1.89 bits per heavy atom. The molecular weight excluding hydrogens is 470 g/mol. The van der Waals surface area contributed by atoms with Crippen LogP contribution in [0.25, 0.3) is 10.6 Å². The van der Waals surface area contributed by atoms with E-state index in [9.17, 15) is 19.7 Å². The van der Waals surface area contributed by atoms with Gasteiger partial charge < -0.3 is 15.0 Å². The largest absolute Gasteiger partial charge is 0.497 e. The molecule has 10 nitrogen and oxygen atoms in total. The van der Waals surface area contributed by atoms with Gasteiger partial charge in [0.05, 0.1) is 12.0 Å². The highest BCUT2D eigenvalue weighted by molar-refractivity contribution is 7.18. The SMILES string of the molecule is CCCCN(CCC(=O)Nc1nnc(-c2ccc(OC)cc2)s1)C(=O)c1ccc(C)c([N+](=O)[O-])c1. The minimum absolute atomic E-state index is 0.0564. The first-order chi connectivity index (χ1) is 16.8. The van der Waals surface area contributed by atoms with Crippen molar-refractivity contribution in [1.82, 2.24) is 15.1 Å². The van der Waals surface area contributed by atoms with E-state index in [2.05, 4.69) is 15.5 Å². The van der Waals surface area contributed by atoms with Gasteiger partial charge in [-0.15, -0.1) is 10.2 Å². The number of nitrogens with zero attached hydrogens (tertiary/aromatic N) is 4. The van der Waals surface area contributed by atoms with Crippen molar-refractivity contribution >= 4 is 34.0 Å². The minimum Gasteiger partial charge on any atom is -0.497 e. The minimum atomic E-state index is -0.502. The second-order valence-electron chi connectivity index (χ2n) is 7.84. The average molecular weight is 498 g/mol. The molecule has 35 heavy (non-hydrogen) atoms. The number of nitro groups is 1. The molecule has 0 aliphatic heterocycles. The van der Waals surface area contributed by atoms with Gasteiger partial charge in [-0.1, -0.05) is 30.7 Å². The third kappa shape index (κ3) is 6.82. The number of rotatable bonds is 11. The number of ether oxygens (including phenoxy) is 1. The lowest BCUT2D eigenvalue weighted by Gasteiger charge is -2.22. The fourth-order valence-electron chi connectivity index (χ4n) is 3.33. The lowest BCUT2D eigenvalue weighted by molar-refractivity contribution is -0.385. The zero-order valence-electron chi connectivity index (χ0n) is 19.8. The van der Waals surface area contributed by atoms with Crippen LogP contribution in [0.15, 0.2) is 42.5 Å². The van der Waals surface area contributed by atoms with Gasteiger partial charge in [-0.25, -0.2) is 0 Å². The average Bonchev–Trinajstić information content (AvgIpc) is 3.32. The molecule has 0 saturated heterocycles. The van der Waals surface area contributed by atoms with Gasteiger partial charge in [-0.05, 0) is 43.7 Å². The Bertz CT molecular complexity index is 1200. The van der Waals surface area contributed by atoms with Crippen LogP contribution in [-0.4, -0.2) is 52.0 Å². The lowest BCUT2D eigenvalue weighted by Crippen LogP contribution is -2.34. The van der Waals surface area contributed by atoms with Crippen molar-refractivity contribution in [2.24, 2.45) is 0 Å². The summed E-state index contributed by atoms with van der Waals surface area (Å²) in [6, 6.07) is 11.8. The van der Waals surface area contributed by atoms with Crippen LogP contribution in [0.1, 0.15) is 42.1 Å². The number of hydrogen-bond acceptors (Lipinski definition) is 8. The first-order valence-corrected chi connectivity index (χ1v) is 12.0. The number of nitrogens with one attached hydrogen (secondary N) is 1. The van der Waals surface area contributed by atoms with Crippen molar-refractivity contribution in [1.29, 1.82) is 0 Å². The standard InChI is InChI=1S/C24H27N5O5S/c1-4-5-13-28(23(31)18-7-6-16(2)20(15-18)29(32)33)14-12-21(30)25-24-27-26-22(35-24)17-8-10-19(34-3)11-9-17/h6-11,15H,4-5,12-14H2,1-3H3,(H,25,27,30). The maximum Gasteiger partial charge on any atom is 0.273 e. The molecule has 3 rings (SSSR count). The van der Waals surface area contributed by atoms with Crippen LogP contribution < -0.4 is 10.1 Å². The Morgan fingerprint density at radius 3 is 2.54 bits per heavy atom. The summed E-state index contributed by atoms with van der Waals surface area (Å²) in [6.07, 6.45) is 1.67. The van der Waals surface area contributed by atoms with Crippen molar-refractivity contribution in [2.45, 2.75) is 33.1 Å². The number of carbonyl (C=O) groups is 2. The zero-order chi connectivity index (χ0) is 25.4. The van der Waals surface area contributed by atoms with Gasteiger partial charge in [0.2, 0.25) is 11.0 Å². The Balaban J connectivity index is 1.63. The Morgan fingerprint density at radius 1 is 1.14 bits per heavy atom. The summed E-state index contributed by atoms with van der Waals surface area (Å²) in [7, 11) is 1.59. The van der Waals surface area contributed by atoms with Gasteiger partial charge in [0.1, 0.15) is 10.8 Å². The predicted octanol–water partition coefficient (Wildman–Crippen LogP) is 4.70. The van der Waals surface area contributed by atoms with E-state index in [1.165, 1.54) is 17.4 Å². The molecule has 2 amide bonds. The summed E-state index contributed by atoms with van der Waals surface area (Å²) < 4.78 is 5.15. The first kappa shape index (κ1) is 25.8. The van der Waals surface area contributed by atoms with Crippen LogP contribution in [0.5, 0.6) is 5.75 Å². The molecule has 2 aromatic carbocycles. The second kappa shape index (κ2) is 12.0. The van der Waals surface area contributed by atoms with Crippen LogP contribution in [0.4, 0.5) is 10.8 Å². The third-order valence-electron chi connectivity index (χ3n) is 5.34. The fourth-order valence-corrected chi connectivity index (χ4v) is 4.09. The van der Waals surface area contributed by atoms with Crippen molar-refractivity contribution < 1.29 is 19.2 Å². The molecule has 1 heterocycles. The zero-order valence-corrected chi connectivity index (χ0v) is 20.6. The van der Waals surface area contributed by atoms with Crippen LogP contribution in [0, 0.1) is 17.0 Å². The fraction of sp³-hybridized carbons (Fsp3) is 0.333. The summed E-state index contributed by atoms with van der Waals surface area (Å²) in [6.45, 7) is 4.25. The van der Waals surface area contributed by atoms with E-state index >= 15 is 0 Å². The van der Waals surface area contributed by atoms with E-state index in [1.54, 1.807) is 31.1 Å². The van der Waals surface area contributed by atoms with Crippen LogP contribution >= 0.6 is 11.3 Å².